The van der Waals surface area contributed by atoms with Crippen molar-refractivity contribution < 1.29 is 5.11 Å². The summed E-state index contributed by atoms with van der Waals surface area (Å²) in [6, 6.07) is 9.62. The van der Waals surface area contributed by atoms with Gasteiger partial charge in [0.2, 0.25) is 0 Å². The Kier molecular flexibility index (Phi) is 2.50. The van der Waals surface area contributed by atoms with Crippen LogP contribution in [0.5, 0.6) is 0 Å². The summed E-state index contributed by atoms with van der Waals surface area (Å²) in [7, 11) is 0. The summed E-state index contributed by atoms with van der Waals surface area (Å²) in [6.07, 6.45) is 8.72. The molecule has 0 saturated carbocycles. The van der Waals surface area contributed by atoms with E-state index in [2.05, 4.69) is 0 Å². The minimum atomic E-state index is 0.381. The Morgan fingerprint density at radius 3 is 2.50 bits per heavy atom. The third-order valence-corrected chi connectivity index (χ3v) is 2.23. The molecule has 1 heteroatoms. The van der Waals surface area contributed by atoms with E-state index in [1.165, 1.54) is 0 Å². The van der Waals surface area contributed by atoms with Crippen molar-refractivity contribution in [2.45, 2.75) is 6.42 Å². The quantitative estimate of drug-likeness (QED) is 0.662. The molecule has 1 nitrogen and oxygen atoms in total. The van der Waals surface area contributed by atoms with Crippen molar-refractivity contribution in [3.8, 4) is 0 Å². The Hall–Kier alpha value is -1.76. The van der Waals surface area contributed by atoms with Crippen LogP contribution in [0.25, 0.3) is 5.76 Å². The molecule has 0 unspecified atom stereocenters. The van der Waals surface area contributed by atoms with Gasteiger partial charge in [0, 0.05) is 5.56 Å². The van der Waals surface area contributed by atoms with Gasteiger partial charge in [-0.25, -0.2) is 0 Å². The van der Waals surface area contributed by atoms with Gasteiger partial charge in [0.1, 0.15) is 5.76 Å². The van der Waals surface area contributed by atoms with E-state index in [1.807, 2.05) is 54.6 Å². The first-order valence-corrected chi connectivity index (χ1v) is 4.68. The van der Waals surface area contributed by atoms with Gasteiger partial charge in [0.25, 0.3) is 0 Å². The molecule has 0 saturated heterocycles. The fraction of sp³-hybridized carbons (Fsp3) is 0.0769. The number of aliphatic hydroxyl groups excluding tert-OH is 1. The number of hydrogen-bond donors (Lipinski definition) is 1. The van der Waals surface area contributed by atoms with Crippen LogP contribution < -0.4 is 0 Å². The standard InChI is InChI=1S/C13H12O/c14-13(11-7-3-1-4-8-11)12-9-5-2-6-10-12/h1-9,14H,10H2. The number of allylic oxidation sites excluding steroid dienone is 5. The highest BCUT2D eigenvalue weighted by Crippen LogP contribution is 2.21. The SMILES string of the molecule is OC(=C1C=CC=CC1)c1ccccc1. The maximum Gasteiger partial charge on any atom is 0.126 e. The first kappa shape index (κ1) is 8.82. The normalized spacial score (nSPS) is 18.3. The zero-order chi connectivity index (χ0) is 9.80. The Labute approximate surface area is 83.7 Å². The molecule has 0 aliphatic heterocycles. The maximum absolute atomic E-state index is 9.94. The van der Waals surface area contributed by atoms with Crippen LogP contribution in [0.15, 0.2) is 60.2 Å². The first-order chi connectivity index (χ1) is 6.88. The van der Waals surface area contributed by atoms with E-state index in [-0.39, 0.29) is 0 Å². The summed E-state index contributed by atoms with van der Waals surface area (Å²) in [4.78, 5) is 0. The molecular weight excluding hydrogens is 172 g/mol. The molecule has 0 heterocycles. The lowest BCUT2D eigenvalue weighted by molar-refractivity contribution is 0.507. The molecule has 1 aliphatic carbocycles. The fourth-order valence-electron chi connectivity index (χ4n) is 1.47. The van der Waals surface area contributed by atoms with E-state index >= 15 is 0 Å². The van der Waals surface area contributed by atoms with Crippen LogP contribution in [0.1, 0.15) is 12.0 Å². The second kappa shape index (κ2) is 3.97. The third kappa shape index (κ3) is 1.77. The third-order valence-electron chi connectivity index (χ3n) is 2.23. The Morgan fingerprint density at radius 2 is 1.86 bits per heavy atom. The summed E-state index contributed by atoms with van der Waals surface area (Å²) in [5.74, 6) is 0.381. The van der Waals surface area contributed by atoms with Crippen molar-refractivity contribution in [1.29, 1.82) is 0 Å². The van der Waals surface area contributed by atoms with Gasteiger partial charge in [-0.3, -0.25) is 0 Å². The van der Waals surface area contributed by atoms with Gasteiger partial charge in [-0.15, -0.1) is 0 Å². The van der Waals surface area contributed by atoms with E-state index < -0.39 is 0 Å². The highest BCUT2D eigenvalue weighted by atomic mass is 16.3. The monoisotopic (exact) mass is 184 g/mol. The first-order valence-electron chi connectivity index (χ1n) is 4.68. The molecule has 0 aromatic heterocycles. The van der Waals surface area contributed by atoms with Crippen molar-refractivity contribution in [1.82, 2.24) is 0 Å². The minimum absolute atomic E-state index is 0.381. The summed E-state index contributed by atoms with van der Waals surface area (Å²) in [5.41, 5.74) is 1.85. The largest absolute Gasteiger partial charge is 0.507 e. The van der Waals surface area contributed by atoms with Crippen molar-refractivity contribution in [2.24, 2.45) is 0 Å². The van der Waals surface area contributed by atoms with Gasteiger partial charge in [-0.05, 0) is 12.0 Å². The van der Waals surface area contributed by atoms with Gasteiger partial charge in [0.05, 0.1) is 0 Å². The van der Waals surface area contributed by atoms with E-state index in [1.54, 1.807) is 0 Å². The fourth-order valence-corrected chi connectivity index (χ4v) is 1.47. The summed E-state index contributed by atoms with van der Waals surface area (Å²) in [5, 5.41) is 9.94. The van der Waals surface area contributed by atoms with E-state index in [4.69, 9.17) is 0 Å². The molecule has 0 fully saturated rings. The predicted octanol–water partition coefficient (Wildman–Crippen LogP) is 3.47. The Bertz CT molecular complexity index is 397. The lowest BCUT2D eigenvalue weighted by atomic mass is 10.0. The number of rotatable bonds is 1. The van der Waals surface area contributed by atoms with Gasteiger partial charge in [0.15, 0.2) is 0 Å². The lowest BCUT2D eigenvalue weighted by Gasteiger charge is -2.07. The average Bonchev–Trinajstić information content (AvgIpc) is 2.30. The van der Waals surface area contributed by atoms with Crippen LogP contribution in [0.2, 0.25) is 0 Å². The summed E-state index contributed by atoms with van der Waals surface area (Å²) < 4.78 is 0. The zero-order valence-corrected chi connectivity index (χ0v) is 7.85. The van der Waals surface area contributed by atoms with Crippen LogP contribution >= 0.6 is 0 Å². The van der Waals surface area contributed by atoms with Gasteiger partial charge < -0.3 is 5.11 Å². The molecule has 70 valence electrons. The zero-order valence-electron chi connectivity index (χ0n) is 7.85. The molecule has 0 atom stereocenters. The molecule has 1 aromatic carbocycles. The van der Waals surface area contributed by atoms with Gasteiger partial charge >= 0.3 is 0 Å². The van der Waals surface area contributed by atoms with E-state index in [9.17, 15) is 5.11 Å². The highest BCUT2D eigenvalue weighted by molar-refractivity contribution is 5.65. The predicted molar refractivity (Wildman–Crippen MR) is 58.9 cm³/mol. The Morgan fingerprint density at radius 1 is 1.07 bits per heavy atom. The van der Waals surface area contributed by atoms with Crippen molar-refractivity contribution in [3.05, 3.63) is 65.8 Å². The molecule has 0 amide bonds. The van der Waals surface area contributed by atoms with Crippen molar-refractivity contribution in [3.63, 3.8) is 0 Å². The Balaban J connectivity index is 2.36. The van der Waals surface area contributed by atoms with Crippen LogP contribution in [0, 0.1) is 0 Å². The van der Waals surface area contributed by atoms with Crippen LogP contribution in [0.4, 0.5) is 0 Å². The molecule has 0 bridgehead atoms. The molecule has 1 aromatic rings. The molecule has 1 aliphatic rings. The molecule has 1 N–H and O–H groups in total. The van der Waals surface area contributed by atoms with E-state index in [0.717, 1.165) is 17.6 Å². The molecule has 2 rings (SSSR count). The molecular formula is C13H12O. The van der Waals surface area contributed by atoms with Crippen molar-refractivity contribution in [2.75, 3.05) is 0 Å². The summed E-state index contributed by atoms with van der Waals surface area (Å²) in [6.45, 7) is 0. The topological polar surface area (TPSA) is 20.2 Å². The molecule has 14 heavy (non-hydrogen) atoms. The van der Waals surface area contributed by atoms with Gasteiger partial charge in [-0.1, -0.05) is 54.6 Å². The maximum atomic E-state index is 9.94. The average molecular weight is 184 g/mol. The lowest BCUT2D eigenvalue weighted by Crippen LogP contribution is -1.90. The summed E-state index contributed by atoms with van der Waals surface area (Å²) >= 11 is 0. The highest BCUT2D eigenvalue weighted by Gasteiger charge is 2.04. The van der Waals surface area contributed by atoms with Crippen LogP contribution in [0.3, 0.4) is 0 Å². The smallest absolute Gasteiger partial charge is 0.126 e. The minimum Gasteiger partial charge on any atom is -0.507 e. The second-order valence-electron chi connectivity index (χ2n) is 3.23. The van der Waals surface area contributed by atoms with Crippen LogP contribution in [-0.2, 0) is 0 Å². The number of aliphatic hydroxyl groups is 1. The van der Waals surface area contributed by atoms with Crippen molar-refractivity contribution >= 4 is 5.76 Å². The molecule has 0 radical (unpaired) electrons. The van der Waals surface area contributed by atoms with Crippen LogP contribution in [-0.4, -0.2) is 5.11 Å². The molecule has 0 spiro atoms. The van der Waals surface area contributed by atoms with E-state index in [0.29, 0.717) is 5.76 Å². The number of hydrogen-bond acceptors (Lipinski definition) is 1. The van der Waals surface area contributed by atoms with Gasteiger partial charge in [-0.2, -0.15) is 0 Å². The second-order valence-corrected chi connectivity index (χ2v) is 3.23. The number of benzene rings is 1.